The minimum atomic E-state index is 0.0392. The van der Waals surface area contributed by atoms with Gasteiger partial charge in [0.1, 0.15) is 17.2 Å². The summed E-state index contributed by atoms with van der Waals surface area (Å²) in [5.41, 5.74) is 4.62. The van der Waals surface area contributed by atoms with Crippen molar-refractivity contribution in [2.24, 2.45) is 7.05 Å². The summed E-state index contributed by atoms with van der Waals surface area (Å²) in [4.78, 5) is 27.8. The predicted molar refractivity (Wildman–Crippen MR) is 155 cm³/mol. The third-order valence-corrected chi connectivity index (χ3v) is 8.61. The third kappa shape index (κ3) is 6.10. The van der Waals surface area contributed by atoms with Gasteiger partial charge >= 0.3 is 0 Å². The van der Waals surface area contributed by atoms with Crippen LogP contribution < -0.4 is 0 Å². The summed E-state index contributed by atoms with van der Waals surface area (Å²) in [7, 11) is 1.97. The van der Waals surface area contributed by atoms with Crippen LogP contribution in [0.25, 0.3) is 22.6 Å². The minimum absolute atomic E-state index is 0.0392. The van der Waals surface area contributed by atoms with E-state index < -0.39 is 0 Å². The second-order valence-corrected chi connectivity index (χ2v) is 11.2. The Morgan fingerprint density at radius 3 is 2.54 bits per heavy atom. The SMILES string of the molecule is CCCCCCc1cccc(-c2nc(-c3ccncc3)c(C(=O)N3CCC(N4CCC[C@@H]4CO)CC3)n2C)c1. The Morgan fingerprint density at radius 2 is 1.79 bits per heavy atom. The smallest absolute Gasteiger partial charge is 0.272 e. The van der Waals surface area contributed by atoms with E-state index in [0.717, 1.165) is 74.4 Å². The first kappa shape index (κ1) is 27.5. The van der Waals surface area contributed by atoms with Crippen LogP contribution in [-0.4, -0.2) is 73.7 Å². The minimum Gasteiger partial charge on any atom is -0.395 e. The molecule has 39 heavy (non-hydrogen) atoms. The molecule has 1 aromatic carbocycles. The molecule has 1 N–H and O–H groups in total. The summed E-state index contributed by atoms with van der Waals surface area (Å²) in [6, 6.07) is 13.2. The first-order valence-electron chi connectivity index (χ1n) is 14.8. The van der Waals surface area contributed by atoms with E-state index in [1.807, 2.05) is 28.6 Å². The average molecular weight is 530 g/mol. The average Bonchev–Trinajstić information content (AvgIpc) is 3.60. The molecule has 3 aromatic rings. The van der Waals surface area contributed by atoms with E-state index in [9.17, 15) is 9.90 Å². The van der Waals surface area contributed by atoms with Crippen LogP contribution >= 0.6 is 0 Å². The molecule has 0 unspecified atom stereocenters. The van der Waals surface area contributed by atoms with Crippen molar-refractivity contribution in [3.05, 3.63) is 60.0 Å². The number of pyridine rings is 1. The second-order valence-electron chi connectivity index (χ2n) is 11.2. The van der Waals surface area contributed by atoms with Crippen molar-refractivity contribution < 1.29 is 9.90 Å². The van der Waals surface area contributed by atoms with Gasteiger partial charge in [0.2, 0.25) is 0 Å². The van der Waals surface area contributed by atoms with Crippen LogP contribution in [0.3, 0.4) is 0 Å². The standard InChI is InChI=1S/C32H43N5O2/c1-3-4-5-6-9-24-10-7-11-26(22-24)31-34-29(25-13-17-33-18-14-25)30(35(31)2)32(39)36-20-15-27(16-21-36)37-19-8-12-28(37)23-38/h7,10-11,13-14,17-18,22,27-28,38H,3-6,8-9,12,15-16,19-21,23H2,1-2H3/t28-/m1/s1. The van der Waals surface area contributed by atoms with Gasteiger partial charge < -0.3 is 14.6 Å². The van der Waals surface area contributed by atoms with Crippen LogP contribution in [0.1, 0.15) is 74.3 Å². The summed E-state index contributed by atoms with van der Waals surface area (Å²) in [6.45, 7) is 4.97. The van der Waals surface area contributed by atoms with Gasteiger partial charge in [0, 0.05) is 55.7 Å². The maximum Gasteiger partial charge on any atom is 0.272 e. The number of aryl methyl sites for hydroxylation is 1. The molecule has 0 bridgehead atoms. The number of hydrogen-bond acceptors (Lipinski definition) is 5. The number of carbonyl (C=O) groups excluding carboxylic acids is 1. The number of nitrogens with zero attached hydrogens (tertiary/aromatic N) is 5. The number of piperidine rings is 1. The van der Waals surface area contributed by atoms with Crippen molar-refractivity contribution in [3.63, 3.8) is 0 Å². The van der Waals surface area contributed by atoms with Crippen molar-refractivity contribution in [1.29, 1.82) is 0 Å². The number of aromatic nitrogens is 3. The fraction of sp³-hybridized carbons (Fsp3) is 0.531. The Kier molecular flexibility index (Phi) is 9.09. The first-order chi connectivity index (χ1) is 19.1. The molecule has 2 saturated heterocycles. The van der Waals surface area contributed by atoms with Gasteiger partial charge in [-0.15, -0.1) is 0 Å². The van der Waals surface area contributed by atoms with Crippen molar-refractivity contribution in [2.45, 2.75) is 76.8 Å². The Labute approximate surface area is 232 Å². The van der Waals surface area contributed by atoms with Crippen LogP contribution in [0.4, 0.5) is 0 Å². The molecular formula is C32H43N5O2. The number of amides is 1. The van der Waals surface area contributed by atoms with Gasteiger partial charge in [0.15, 0.2) is 0 Å². The number of carbonyl (C=O) groups is 1. The maximum absolute atomic E-state index is 14.1. The highest BCUT2D eigenvalue weighted by atomic mass is 16.3. The van der Waals surface area contributed by atoms with E-state index in [4.69, 9.17) is 4.98 Å². The normalized spacial score (nSPS) is 18.6. The molecule has 0 radical (unpaired) electrons. The predicted octanol–water partition coefficient (Wildman–Crippen LogP) is 5.33. The Balaban J connectivity index is 1.40. The largest absolute Gasteiger partial charge is 0.395 e. The highest BCUT2D eigenvalue weighted by Crippen LogP contribution is 2.32. The molecule has 208 valence electrons. The topological polar surface area (TPSA) is 74.5 Å². The number of hydrogen-bond donors (Lipinski definition) is 1. The molecule has 2 aliphatic heterocycles. The quantitative estimate of drug-likeness (QED) is 0.359. The van der Waals surface area contributed by atoms with Gasteiger partial charge in [-0.05, 0) is 68.8 Å². The van der Waals surface area contributed by atoms with E-state index in [-0.39, 0.29) is 18.6 Å². The summed E-state index contributed by atoms with van der Waals surface area (Å²) in [5.74, 6) is 0.857. The number of likely N-dealkylation sites (tertiary alicyclic amines) is 2. The molecular weight excluding hydrogens is 486 g/mol. The molecule has 2 aromatic heterocycles. The molecule has 7 heteroatoms. The van der Waals surface area contributed by atoms with Gasteiger partial charge in [0.25, 0.3) is 5.91 Å². The fourth-order valence-electron chi connectivity index (χ4n) is 6.42. The van der Waals surface area contributed by atoms with Gasteiger partial charge in [0.05, 0.1) is 6.61 Å². The molecule has 0 saturated carbocycles. The lowest BCUT2D eigenvalue weighted by atomic mass is 10.0. The molecule has 0 aliphatic carbocycles. The molecule has 5 rings (SSSR count). The Bertz CT molecular complexity index is 1230. The van der Waals surface area contributed by atoms with E-state index in [0.29, 0.717) is 11.7 Å². The molecule has 4 heterocycles. The molecule has 1 atom stereocenters. The van der Waals surface area contributed by atoms with E-state index >= 15 is 0 Å². The summed E-state index contributed by atoms with van der Waals surface area (Å²) >= 11 is 0. The summed E-state index contributed by atoms with van der Waals surface area (Å²) in [6.07, 6.45) is 13.6. The van der Waals surface area contributed by atoms with Crippen LogP contribution in [0.2, 0.25) is 0 Å². The zero-order chi connectivity index (χ0) is 27.2. The highest BCUT2D eigenvalue weighted by Gasteiger charge is 2.35. The highest BCUT2D eigenvalue weighted by molar-refractivity contribution is 5.99. The van der Waals surface area contributed by atoms with E-state index in [1.165, 1.54) is 31.2 Å². The number of unbranched alkanes of at least 4 members (excludes halogenated alkanes) is 3. The maximum atomic E-state index is 14.1. The van der Waals surface area contributed by atoms with E-state index in [1.54, 1.807) is 12.4 Å². The number of aliphatic hydroxyl groups excluding tert-OH is 1. The first-order valence-corrected chi connectivity index (χ1v) is 14.8. The van der Waals surface area contributed by atoms with Gasteiger partial charge in [-0.2, -0.15) is 0 Å². The summed E-state index contributed by atoms with van der Waals surface area (Å²) in [5, 5.41) is 9.78. The van der Waals surface area contributed by atoms with Crippen molar-refractivity contribution in [1.82, 2.24) is 24.3 Å². The van der Waals surface area contributed by atoms with Crippen LogP contribution in [-0.2, 0) is 13.5 Å². The fourth-order valence-corrected chi connectivity index (χ4v) is 6.42. The van der Waals surface area contributed by atoms with Crippen molar-refractivity contribution >= 4 is 5.91 Å². The number of imidazole rings is 1. The zero-order valence-corrected chi connectivity index (χ0v) is 23.6. The zero-order valence-electron chi connectivity index (χ0n) is 23.6. The van der Waals surface area contributed by atoms with Gasteiger partial charge in [-0.3, -0.25) is 14.7 Å². The molecule has 0 spiro atoms. The van der Waals surface area contributed by atoms with Crippen LogP contribution in [0.15, 0.2) is 48.8 Å². The van der Waals surface area contributed by atoms with Crippen LogP contribution in [0.5, 0.6) is 0 Å². The van der Waals surface area contributed by atoms with Gasteiger partial charge in [-0.25, -0.2) is 4.98 Å². The number of aliphatic hydroxyl groups is 1. The Morgan fingerprint density at radius 1 is 1.00 bits per heavy atom. The molecule has 2 aliphatic rings. The lowest BCUT2D eigenvalue weighted by molar-refractivity contribution is 0.0531. The lowest BCUT2D eigenvalue weighted by Crippen LogP contribution is -2.49. The van der Waals surface area contributed by atoms with E-state index in [2.05, 4.69) is 41.1 Å². The van der Waals surface area contributed by atoms with Crippen molar-refractivity contribution in [3.8, 4) is 22.6 Å². The monoisotopic (exact) mass is 529 g/mol. The second kappa shape index (κ2) is 12.9. The molecule has 1 amide bonds. The third-order valence-electron chi connectivity index (χ3n) is 8.61. The summed E-state index contributed by atoms with van der Waals surface area (Å²) < 4.78 is 1.99. The van der Waals surface area contributed by atoms with Crippen LogP contribution in [0, 0.1) is 0 Å². The molecule has 2 fully saturated rings. The number of rotatable bonds is 10. The Hall–Kier alpha value is -3.03. The molecule has 7 nitrogen and oxygen atoms in total. The van der Waals surface area contributed by atoms with Crippen molar-refractivity contribution in [2.75, 3.05) is 26.2 Å². The lowest BCUT2D eigenvalue weighted by Gasteiger charge is -2.39. The van der Waals surface area contributed by atoms with Gasteiger partial charge in [-0.1, -0.05) is 44.4 Å². The number of benzene rings is 1.